The first-order valence-corrected chi connectivity index (χ1v) is 9.91. The molecule has 1 N–H and O–H groups in total. The molecule has 0 spiro atoms. The molecule has 3 rings (SSSR count). The molecule has 1 aliphatic rings. The summed E-state index contributed by atoms with van der Waals surface area (Å²) < 4.78 is 0. The Kier molecular flexibility index (Phi) is 6.42. The second-order valence-electron chi connectivity index (χ2n) is 8.13. The standard InChI is InChI=1S/C22H30N4O2/c1-17(2)19-7-5-18(6-8-19)14-26-12-4-9-22(28,21(26)27)16-25(3)15-20-13-23-10-11-24-20/h5-8,10-11,13,17,28H,4,9,12,14-16H2,1-3H3. The molecule has 1 amide bonds. The summed E-state index contributed by atoms with van der Waals surface area (Å²) in [6.07, 6.45) is 6.27. The highest BCUT2D eigenvalue weighted by Gasteiger charge is 2.42. The number of benzene rings is 1. The topological polar surface area (TPSA) is 69.6 Å². The molecule has 1 aromatic heterocycles. The lowest BCUT2D eigenvalue weighted by Gasteiger charge is -2.40. The highest BCUT2D eigenvalue weighted by molar-refractivity contribution is 5.86. The van der Waals surface area contributed by atoms with Crippen molar-refractivity contribution in [2.24, 2.45) is 0 Å². The molecule has 28 heavy (non-hydrogen) atoms. The lowest BCUT2D eigenvalue weighted by Crippen LogP contribution is -2.57. The number of nitrogens with zero attached hydrogens (tertiary/aromatic N) is 4. The van der Waals surface area contributed by atoms with Crippen LogP contribution >= 0.6 is 0 Å². The predicted molar refractivity (Wildman–Crippen MR) is 108 cm³/mol. The van der Waals surface area contributed by atoms with Gasteiger partial charge in [0.1, 0.15) is 0 Å². The number of aromatic nitrogens is 2. The Morgan fingerprint density at radius 3 is 2.64 bits per heavy atom. The van der Waals surface area contributed by atoms with Crippen LogP contribution in [-0.4, -0.2) is 56.5 Å². The van der Waals surface area contributed by atoms with Crippen LogP contribution in [0.4, 0.5) is 0 Å². The van der Waals surface area contributed by atoms with Crippen LogP contribution < -0.4 is 0 Å². The Labute approximate surface area is 167 Å². The maximum atomic E-state index is 13.0. The van der Waals surface area contributed by atoms with Gasteiger partial charge in [0, 0.05) is 44.8 Å². The van der Waals surface area contributed by atoms with Crippen LogP contribution in [0.2, 0.25) is 0 Å². The molecule has 1 saturated heterocycles. The maximum absolute atomic E-state index is 13.0. The van der Waals surface area contributed by atoms with Crippen molar-refractivity contribution in [3.63, 3.8) is 0 Å². The fourth-order valence-corrected chi connectivity index (χ4v) is 3.78. The molecule has 1 atom stereocenters. The number of rotatable bonds is 7. The highest BCUT2D eigenvalue weighted by Crippen LogP contribution is 2.26. The van der Waals surface area contributed by atoms with Crippen LogP contribution in [0, 0.1) is 0 Å². The fourth-order valence-electron chi connectivity index (χ4n) is 3.78. The molecule has 150 valence electrons. The zero-order valence-corrected chi connectivity index (χ0v) is 17.0. The van der Waals surface area contributed by atoms with E-state index in [9.17, 15) is 9.90 Å². The number of hydrogen-bond donors (Lipinski definition) is 1. The first-order chi connectivity index (χ1) is 13.4. The zero-order valence-electron chi connectivity index (χ0n) is 17.0. The van der Waals surface area contributed by atoms with Gasteiger partial charge in [-0.15, -0.1) is 0 Å². The number of carbonyl (C=O) groups is 1. The third-order valence-corrected chi connectivity index (χ3v) is 5.30. The number of hydrogen-bond acceptors (Lipinski definition) is 5. The van der Waals surface area contributed by atoms with Gasteiger partial charge in [-0.05, 0) is 36.9 Å². The van der Waals surface area contributed by atoms with Crippen molar-refractivity contribution < 1.29 is 9.90 Å². The fraction of sp³-hybridized carbons (Fsp3) is 0.500. The van der Waals surface area contributed by atoms with E-state index in [1.807, 2.05) is 11.9 Å². The van der Waals surface area contributed by atoms with Gasteiger partial charge in [0.05, 0.1) is 5.69 Å². The largest absolute Gasteiger partial charge is 0.379 e. The molecule has 1 fully saturated rings. The van der Waals surface area contributed by atoms with Crippen molar-refractivity contribution >= 4 is 5.91 Å². The molecular formula is C22H30N4O2. The van der Waals surface area contributed by atoms with Gasteiger partial charge < -0.3 is 10.0 Å². The van der Waals surface area contributed by atoms with Crippen molar-refractivity contribution in [1.29, 1.82) is 0 Å². The van der Waals surface area contributed by atoms with Crippen LogP contribution in [0.25, 0.3) is 0 Å². The van der Waals surface area contributed by atoms with Crippen molar-refractivity contribution in [3.05, 3.63) is 59.7 Å². The van der Waals surface area contributed by atoms with Crippen LogP contribution in [0.1, 0.15) is 49.4 Å². The smallest absolute Gasteiger partial charge is 0.256 e. The van der Waals surface area contributed by atoms with Crippen LogP contribution in [-0.2, 0) is 17.9 Å². The minimum absolute atomic E-state index is 0.183. The molecule has 1 aliphatic heterocycles. The molecule has 6 heteroatoms. The first kappa shape index (κ1) is 20.4. The summed E-state index contributed by atoms with van der Waals surface area (Å²) in [7, 11) is 1.89. The third kappa shape index (κ3) is 4.94. The molecule has 2 heterocycles. The summed E-state index contributed by atoms with van der Waals surface area (Å²) in [4.78, 5) is 25.1. The number of amides is 1. The number of piperidine rings is 1. The van der Waals surface area contributed by atoms with Crippen molar-refractivity contribution in [2.45, 2.75) is 51.3 Å². The van der Waals surface area contributed by atoms with E-state index in [1.54, 1.807) is 23.5 Å². The van der Waals surface area contributed by atoms with Gasteiger partial charge in [-0.1, -0.05) is 38.1 Å². The van der Waals surface area contributed by atoms with E-state index in [4.69, 9.17) is 0 Å². The predicted octanol–water partition coefficient (Wildman–Crippen LogP) is 2.59. The molecule has 0 bridgehead atoms. The molecule has 6 nitrogen and oxygen atoms in total. The van der Waals surface area contributed by atoms with Crippen LogP contribution in [0.3, 0.4) is 0 Å². The van der Waals surface area contributed by atoms with Gasteiger partial charge in [-0.2, -0.15) is 0 Å². The summed E-state index contributed by atoms with van der Waals surface area (Å²) in [5.74, 6) is 0.304. The van der Waals surface area contributed by atoms with E-state index < -0.39 is 5.60 Å². The van der Waals surface area contributed by atoms with Gasteiger partial charge in [-0.25, -0.2) is 0 Å². The number of likely N-dealkylation sites (tertiary alicyclic amines) is 1. The van der Waals surface area contributed by atoms with E-state index in [0.29, 0.717) is 32.0 Å². The van der Waals surface area contributed by atoms with Gasteiger partial charge >= 0.3 is 0 Å². The van der Waals surface area contributed by atoms with Gasteiger partial charge in [-0.3, -0.25) is 19.7 Å². The summed E-state index contributed by atoms with van der Waals surface area (Å²) in [6.45, 7) is 6.38. The quantitative estimate of drug-likeness (QED) is 0.797. The van der Waals surface area contributed by atoms with Gasteiger partial charge in [0.2, 0.25) is 0 Å². The summed E-state index contributed by atoms with van der Waals surface area (Å²) in [5.41, 5.74) is 1.84. The third-order valence-electron chi connectivity index (χ3n) is 5.30. The molecule has 1 aromatic carbocycles. The van der Waals surface area contributed by atoms with E-state index in [1.165, 1.54) is 5.56 Å². The number of carbonyl (C=O) groups excluding carboxylic acids is 1. The normalized spacial score (nSPS) is 20.2. The SMILES string of the molecule is CC(C)c1ccc(CN2CCCC(O)(CN(C)Cc3cnccn3)C2=O)cc1. The lowest BCUT2D eigenvalue weighted by atomic mass is 9.90. The average Bonchev–Trinajstić information content (AvgIpc) is 2.66. The zero-order chi connectivity index (χ0) is 20.1. The minimum atomic E-state index is -1.35. The van der Waals surface area contributed by atoms with Gasteiger partial charge in [0.15, 0.2) is 5.60 Å². The van der Waals surface area contributed by atoms with E-state index >= 15 is 0 Å². The maximum Gasteiger partial charge on any atom is 0.256 e. The van der Waals surface area contributed by atoms with E-state index in [2.05, 4.69) is 48.1 Å². The van der Waals surface area contributed by atoms with Crippen LogP contribution in [0.5, 0.6) is 0 Å². The van der Waals surface area contributed by atoms with Crippen molar-refractivity contribution in [1.82, 2.24) is 19.8 Å². The molecular weight excluding hydrogens is 352 g/mol. The monoisotopic (exact) mass is 382 g/mol. The Balaban J connectivity index is 1.63. The Hall–Kier alpha value is -2.31. The van der Waals surface area contributed by atoms with Crippen molar-refractivity contribution in [2.75, 3.05) is 20.1 Å². The van der Waals surface area contributed by atoms with Crippen LogP contribution in [0.15, 0.2) is 42.9 Å². The second kappa shape index (κ2) is 8.80. The highest BCUT2D eigenvalue weighted by atomic mass is 16.3. The minimum Gasteiger partial charge on any atom is -0.379 e. The van der Waals surface area contributed by atoms with E-state index in [-0.39, 0.29) is 12.5 Å². The Morgan fingerprint density at radius 2 is 2.00 bits per heavy atom. The molecule has 1 unspecified atom stereocenters. The van der Waals surface area contributed by atoms with E-state index in [0.717, 1.165) is 17.7 Å². The molecule has 0 aliphatic carbocycles. The summed E-state index contributed by atoms with van der Waals surface area (Å²) in [6, 6.07) is 8.40. The number of likely N-dealkylation sites (N-methyl/N-ethyl adjacent to an activating group) is 1. The average molecular weight is 383 g/mol. The van der Waals surface area contributed by atoms with Gasteiger partial charge in [0.25, 0.3) is 5.91 Å². The van der Waals surface area contributed by atoms with Crippen molar-refractivity contribution in [3.8, 4) is 0 Å². The summed E-state index contributed by atoms with van der Waals surface area (Å²) >= 11 is 0. The lowest BCUT2D eigenvalue weighted by molar-refractivity contribution is -0.160. The number of aliphatic hydroxyl groups is 1. The molecule has 2 aromatic rings. The Morgan fingerprint density at radius 1 is 1.25 bits per heavy atom. The first-order valence-electron chi connectivity index (χ1n) is 9.91. The second-order valence-corrected chi connectivity index (χ2v) is 8.13. The Bertz CT molecular complexity index is 779. The summed E-state index contributed by atoms with van der Waals surface area (Å²) in [5, 5.41) is 11.1. The molecule has 0 radical (unpaired) electrons. The molecule has 0 saturated carbocycles.